The Morgan fingerprint density at radius 1 is 1.14 bits per heavy atom. The van der Waals surface area contributed by atoms with E-state index in [2.05, 4.69) is 38.2 Å². The number of nitrogens with two attached hydrogens (primary N) is 1. The first-order valence-electron chi connectivity index (χ1n) is 9.90. The van der Waals surface area contributed by atoms with Gasteiger partial charge in [0.15, 0.2) is 0 Å². The quantitative estimate of drug-likeness (QED) is 0.559. The average molecular weight is 388 g/mol. The standard InChI is InChI=1S/C21H24N8/c1-13-3-4-17(25-21(13)29-7-5-15(22)6-8-29)20-16-9-18(14-10-24-28(2)12-14)23-11-19(16)26-27-20/h3-4,9-12,15H,5-8,22H2,1-2H3,(H,26,27). The van der Waals surface area contributed by atoms with E-state index < -0.39 is 0 Å². The van der Waals surface area contributed by atoms with Gasteiger partial charge in [-0.05, 0) is 37.5 Å². The summed E-state index contributed by atoms with van der Waals surface area (Å²) in [5.74, 6) is 1.02. The van der Waals surface area contributed by atoms with Gasteiger partial charge in [0.1, 0.15) is 11.5 Å². The van der Waals surface area contributed by atoms with Gasteiger partial charge in [0.2, 0.25) is 0 Å². The van der Waals surface area contributed by atoms with E-state index in [9.17, 15) is 0 Å². The van der Waals surface area contributed by atoms with Gasteiger partial charge in [-0.1, -0.05) is 6.07 Å². The van der Waals surface area contributed by atoms with Crippen LogP contribution in [-0.2, 0) is 7.05 Å². The van der Waals surface area contributed by atoms with Crippen molar-refractivity contribution in [2.75, 3.05) is 18.0 Å². The lowest BCUT2D eigenvalue weighted by Gasteiger charge is -2.32. The molecule has 8 nitrogen and oxygen atoms in total. The van der Waals surface area contributed by atoms with Gasteiger partial charge >= 0.3 is 0 Å². The Kier molecular flexibility index (Phi) is 4.28. The minimum atomic E-state index is 0.295. The van der Waals surface area contributed by atoms with Crippen molar-refractivity contribution in [3.05, 3.63) is 42.4 Å². The third-order valence-electron chi connectivity index (χ3n) is 5.60. The monoisotopic (exact) mass is 388 g/mol. The van der Waals surface area contributed by atoms with Crippen LogP contribution < -0.4 is 10.6 Å². The number of piperidine rings is 1. The van der Waals surface area contributed by atoms with Crippen molar-refractivity contribution in [2.45, 2.75) is 25.8 Å². The van der Waals surface area contributed by atoms with E-state index in [1.807, 2.05) is 37.8 Å². The summed E-state index contributed by atoms with van der Waals surface area (Å²) in [7, 11) is 1.90. The van der Waals surface area contributed by atoms with Gasteiger partial charge in [-0.25, -0.2) is 4.98 Å². The fraction of sp³-hybridized carbons (Fsp3) is 0.333. The Balaban J connectivity index is 1.56. The molecular formula is C21H24N8. The van der Waals surface area contributed by atoms with Crippen molar-refractivity contribution < 1.29 is 0 Å². The smallest absolute Gasteiger partial charge is 0.132 e. The maximum absolute atomic E-state index is 6.07. The highest BCUT2D eigenvalue weighted by Gasteiger charge is 2.20. The van der Waals surface area contributed by atoms with Crippen LogP contribution >= 0.6 is 0 Å². The predicted octanol–water partition coefficient (Wildman–Crippen LogP) is 2.66. The molecule has 0 spiro atoms. The lowest BCUT2D eigenvalue weighted by Crippen LogP contribution is -2.40. The van der Waals surface area contributed by atoms with Gasteiger partial charge in [-0.3, -0.25) is 14.8 Å². The molecule has 1 fully saturated rings. The number of nitrogens with zero attached hydrogens (tertiary/aromatic N) is 6. The van der Waals surface area contributed by atoms with E-state index in [0.29, 0.717) is 6.04 Å². The van der Waals surface area contributed by atoms with E-state index in [-0.39, 0.29) is 0 Å². The van der Waals surface area contributed by atoms with Crippen LogP contribution in [0.1, 0.15) is 18.4 Å². The molecule has 1 aliphatic heterocycles. The van der Waals surface area contributed by atoms with Crippen molar-refractivity contribution >= 4 is 16.7 Å². The number of nitrogens with one attached hydrogen (secondary N) is 1. The molecule has 29 heavy (non-hydrogen) atoms. The fourth-order valence-electron chi connectivity index (χ4n) is 3.90. The number of aryl methyl sites for hydroxylation is 2. The van der Waals surface area contributed by atoms with Gasteiger partial charge in [0, 0.05) is 43.3 Å². The Bertz CT molecular complexity index is 1170. The summed E-state index contributed by atoms with van der Waals surface area (Å²) in [6.45, 7) is 3.98. The summed E-state index contributed by atoms with van der Waals surface area (Å²) in [5, 5.41) is 12.9. The van der Waals surface area contributed by atoms with Crippen LogP contribution in [0.3, 0.4) is 0 Å². The van der Waals surface area contributed by atoms with Gasteiger partial charge in [0.05, 0.1) is 29.3 Å². The predicted molar refractivity (Wildman–Crippen MR) is 113 cm³/mol. The molecule has 0 unspecified atom stereocenters. The van der Waals surface area contributed by atoms with E-state index in [1.165, 1.54) is 5.56 Å². The van der Waals surface area contributed by atoms with Gasteiger partial charge in [0.25, 0.3) is 0 Å². The van der Waals surface area contributed by atoms with Gasteiger partial charge in [-0.2, -0.15) is 10.2 Å². The van der Waals surface area contributed by atoms with Crippen LogP contribution in [0.15, 0.2) is 36.8 Å². The lowest BCUT2D eigenvalue weighted by molar-refractivity contribution is 0.498. The van der Waals surface area contributed by atoms with Gasteiger partial charge < -0.3 is 10.6 Å². The van der Waals surface area contributed by atoms with Crippen molar-refractivity contribution in [3.8, 4) is 22.6 Å². The van der Waals surface area contributed by atoms with Crippen LogP contribution in [0.5, 0.6) is 0 Å². The molecule has 3 N–H and O–H groups in total. The molecule has 0 aliphatic carbocycles. The normalized spacial score (nSPS) is 15.3. The van der Waals surface area contributed by atoms with Crippen molar-refractivity contribution in [1.29, 1.82) is 0 Å². The summed E-state index contributed by atoms with van der Waals surface area (Å²) in [4.78, 5) is 11.9. The number of anilines is 1. The fourth-order valence-corrected chi connectivity index (χ4v) is 3.90. The summed E-state index contributed by atoms with van der Waals surface area (Å²) >= 11 is 0. The lowest BCUT2D eigenvalue weighted by atomic mass is 10.1. The first-order valence-corrected chi connectivity index (χ1v) is 9.90. The van der Waals surface area contributed by atoms with Crippen LogP contribution in [0.4, 0.5) is 5.82 Å². The highest BCUT2D eigenvalue weighted by atomic mass is 15.2. The molecule has 4 aromatic rings. The third kappa shape index (κ3) is 3.25. The zero-order valence-corrected chi connectivity index (χ0v) is 16.6. The minimum Gasteiger partial charge on any atom is -0.356 e. The minimum absolute atomic E-state index is 0.295. The Morgan fingerprint density at radius 2 is 1.97 bits per heavy atom. The topological polar surface area (TPSA) is 102 Å². The number of fused-ring (bicyclic) bond motifs is 1. The highest BCUT2D eigenvalue weighted by Crippen LogP contribution is 2.30. The first-order chi connectivity index (χ1) is 14.1. The van der Waals surface area contributed by atoms with Crippen LogP contribution in [0, 0.1) is 6.92 Å². The molecule has 0 amide bonds. The van der Waals surface area contributed by atoms with Crippen molar-refractivity contribution in [3.63, 3.8) is 0 Å². The number of H-pyrrole nitrogens is 1. The molecule has 0 bridgehead atoms. The number of hydrogen-bond donors (Lipinski definition) is 2. The first kappa shape index (κ1) is 17.8. The number of hydrogen-bond acceptors (Lipinski definition) is 6. The molecule has 0 saturated carbocycles. The number of aromatic amines is 1. The van der Waals surface area contributed by atoms with Gasteiger partial charge in [-0.15, -0.1) is 0 Å². The maximum Gasteiger partial charge on any atom is 0.132 e. The molecule has 1 aliphatic rings. The Labute approximate surface area is 168 Å². The largest absolute Gasteiger partial charge is 0.356 e. The molecular weight excluding hydrogens is 364 g/mol. The number of pyridine rings is 2. The molecule has 8 heteroatoms. The zero-order valence-electron chi connectivity index (χ0n) is 16.6. The summed E-state index contributed by atoms with van der Waals surface area (Å²) in [6, 6.07) is 6.50. The average Bonchev–Trinajstić information content (AvgIpc) is 3.35. The third-order valence-corrected chi connectivity index (χ3v) is 5.60. The highest BCUT2D eigenvalue weighted by molar-refractivity contribution is 5.93. The SMILES string of the molecule is Cc1ccc(-c2n[nH]c3cnc(-c4cnn(C)c4)cc23)nc1N1CCC(N)CC1. The Hall–Kier alpha value is -3.26. The molecule has 0 aromatic carbocycles. The van der Waals surface area contributed by atoms with E-state index >= 15 is 0 Å². The second-order valence-electron chi connectivity index (χ2n) is 7.75. The molecule has 0 radical (unpaired) electrons. The molecule has 5 heterocycles. The van der Waals surface area contributed by atoms with E-state index in [1.54, 1.807) is 4.68 Å². The molecule has 0 atom stereocenters. The zero-order chi connectivity index (χ0) is 20.0. The Morgan fingerprint density at radius 3 is 2.72 bits per heavy atom. The number of aromatic nitrogens is 6. The van der Waals surface area contributed by atoms with Crippen LogP contribution in [0.25, 0.3) is 33.5 Å². The van der Waals surface area contributed by atoms with E-state index in [4.69, 9.17) is 10.7 Å². The second kappa shape index (κ2) is 6.97. The van der Waals surface area contributed by atoms with Crippen molar-refractivity contribution in [2.24, 2.45) is 12.8 Å². The second-order valence-corrected chi connectivity index (χ2v) is 7.75. The summed E-state index contributed by atoms with van der Waals surface area (Å²) in [6.07, 6.45) is 7.58. The summed E-state index contributed by atoms with van der Waals surface area (Å²) in [5.41, 5.74) is 11.7. The van der Waals surface area contributed by atoms with Crippen LogP contribution in [0.2, 0.25) is 0 Å². The van der Waals surface area contributed by atoms with E-state index in [0.717, 1.165) is 65.3 Å². The number of rotatable bonds is 3. The van der Waals surface area contributed by atoms with Crippen LogP contribution in [-0.4, -0.2) is 49.1 Å². The molecule has 1 saturated heterocycles. The van der Waals surface area contributed by atoms with Crippen molar-refractivity contribution in [1.82, 2.24) is 29.9 Å². The maximum atomic E-state index is 6.07. The summed E-state index contributed by atoms with van der Waals surface area (Å²) < 4.78 is 1.77. The molecule has 148 valence electrons. The molecule has 5 rings (SSSR count). The molecule has 4 aromatic heterocycles.